The van der Waals surface area contributed by atoms with Crippen LogP contribution in [0.3, 0.4) is 0 Å². The van der Waals surface area contributed by atoms with Crippen molar-refractivity contribution < 1.29 is 4.74 Å². The van der Waals surface area contributed by atoms with Gasteiger partial charge in [0.15, 0.2) is 0 Å². The van der Waals surface area contributed by atoms with Crippen molar-refractivity contribution in [2.45, 2.75) is 31.9 Å². The number of methoxy groups -OCH3 is 1. The molecule has 0 aromatic rings. The fraction of sp³-hybridized carbons (Fsp3) is 1.00. The van der Waals surface area contributed by atoms with Crippen molar-refractivity contribution in [2.24, 2.45) is 0 Å². The Labute approximate surface area is 105 Å². The van der Waals surface area contributed by atoms with E-state index in [4.69, 9.17) is 4.74 Å². The van der Waals surface area contributed by atoms with Crippen LogP contribution in [0, 0.1) is 0 Å². The third-order valence-corrected chi connectivity index (χ3v) is 4.19. The van der Waals surface area contributed by atoms with Gasteiger partial charge >= 0.3 is 0 Å². The van der Waals surface area contributed by atoms with Crippen molar-refractivity contribution >= 4 is 0 Å². The Balaban J connectivity index is 1.62. The van der Waals surface area contributed by atoms with Gasteiger partial charge in [0.25, 0.3) is 0 Å². The number of rotatable bonds is 5. The van der Waals surface area contributed by atoms with Gasteiger partial charge in [-0.1, -0.05) is 0 Å². The maximum Gasteiger partial charge on any atom is 0.0634 e. The van der Waals surface area contributed by atoms with Crippen molar-refractivity contribution in [2.75, 3.05) is 52.9 Å². The van der Waals surface area contributed by atoms with Gasteiger partial charge in [-0.15, -0.1) is 0 Å². The van der Waals surface area contributed by atoms with Crippen LogP contribution in [-0.4, -0.2) is 74.4 Å². The number of ether oxygens (including phenoxy) is 1. The monoisotopic (exact) mass is 241 g/mol. The largest absolute Gasteiger partial charge is 0.379 e. The second kappa shape index (κ2) is 5.65. The van der Waals surface area contributed by atoms with E-state index >= 15 is 0 Å². The molecular formula is C13H27N3O. The summed E-state index contributed by atoms with van der Waals surface area (Å²) in [7, 11) is 1.81. The molecule has 0 bridgehead atoms. The molecule has 4 nitrogen and oxygen atoms in total. The molecule has 0 spiro atoms. The van der Waals surface area contributed by atoms with Gasteiger partial charge in [-0.05, 0) is 20.3 Å². The lowest BCUT2D eigenvalue weighted by atomic mass is 10.0. The number of nitrogens with one attached hydrogen (secondary N) is 1. The molecule has 2 rings (SSSR count). The average molecular weight is 241 g/mol. The van der Waals surface area contributed by atoms with E-state index in [2.05, 4.69) is 29.0 Å². The minimum atomic E-state index is 0.0279. The first-order valence-electron chi connectivity index (χ1n) is 6.83. The average Bonchev–Trinajstić information content (AvgIpc) is 2.28. The minimum Gasteiger partial charge on any atom is -0.379 e. The Morgan fingerprint density at radius 1 is 1.24 bits per heavy atom. The Hall–Kier alpha value is -0.160. The number of hydrogen-bond donors (Lipinski definition) is 1. The standard InChI is InChI=1S/C13H27N3O/c1-13(2,17-3)4-7-15-10-12(11-15)16-8-5-14-6-9-16/h12,14H,4-11H2,1-3H3. The minimum absolute atomic E-state index is 0.0279. The van der Waals surface area contributed by atoms with Gasteiger partial charge in [0.05, 0.1) is 5.60 Å². The Morgan fingerprint density at radius 3 is 2.47 bits per heavy atom. The zero-order chi connectivity index (χ0) is 12.3. The van der Waals surface area contributed by atoms with E-state index in [1.165, 1.54) is 32.7 Å². The van der Waals surface area contributed by atoms with E-state index in [0.29, 0.717) is 0 Å². The molecule has 2 aliphatic rings. The number of piperazine rings is 1. The number of nitrogens with zero attached hydrogens (tertiary/aromatic N) is 2. The van der Waals surface area contributed by atoms with Crippen molar-refractivity contribution in [3.8, 4) is 0 Å². The van der Waals surface area contributed by atoms with E-state index in [1.54, 1.807) is 7.11 Å². The molecule has 0 aromatic heterocycles. The summed E-state index contributed by atoms with van der Waals surface area (Å²) in [5, 5.41) is 3.41. The van der Waals surface area contributed by atoms with Gasteiger partial charge in [0.1, 0.15) is 0 Å². The first kappa shape index (κ1) is 13.3. The van der Waals surface area contributed by atoms with Crippen LogP contribution in [0.1, 0.15) is 20.3 Å². The van der Waals surface area contributed by atoms with Gasteiger partial charge in [0, 0.05) is 59.0 Å². The second-order valence-electron chi connectivity index (χ2n) is 5.91. The SMILES string of the molecule is COC(C)(C)CCN1CC(N2CCNCC2)C1. The molecule has 0 amide bonds. The fourth-order valence-electron chi connectivity index (χ4n) is 2.53. The van der Waals surface area contributed by atoms with Crippen LogP contribution >= 0.6 is 0 Å². The summed E-state index contributed by atoms with van der Waals surface area (Å²) in [5.74, 6) is 0. The Kier molecular flexibility index (Phi) is 4.42. The van der Waals surface area contributed by atoms with Crippen molar-refractivity contribution in [1.29, 1.82) is 0 Å². The lowest BCUT2D eigenvalue weighted by Crippen LogP contribution is -2.62. The molecule has 0 aromatic carbocycles. The van der Waals surface area contributed by atoms with Crippen LogP contribution in [0.25, 0.3) is 0 Å². The van der Waals surface area contributed by atoms with Crippen LogP contribution in [0.15, 0.2) is 0 Å². The maximum absolute atomic E-state index is 5.45. The zero-order valence-corrected chi connectivity index (χ0v) is 11.5. The summed E-state index contributed by atoms with van der Waals surface area (Å²) < 4.78 is 5.45. The molecule has 0 radical (unpaired) electrons. The Morgan fingerprint density at radius 2 is 1.88 bits per heavy atom. The Bertz CT molecular complexity index is 233. The molecule has 0 atom stereocenters. The second-order valence-corrected chi connectivity index (χ2v) is 5.91. The van der Waals surface area contributed by atoms with Crippen molar-refractivity contribution in [1.82, 2.24) is 15.1 Å². The van der Waals surface area contributed by atoms with E-state index in [-0.39, 0.29) is 5.60 Å². The summed E-state index contributed by atoms with van der Waals surface area (Å²) >= 11 is 0. The van der Waals surface area contributed by atoms with E-state index in [9.17, 15) is 0 Å². The molecule has 0 saturated carbocycles. The molecular weight excluding hydrogens is 214 g/mol. The van der Waals surface area contributed by atoms with E-state index in [0.717, 1.165) is 25.6 Å². The van der Waals surface area contributed by atoms with Crippen LogP contribution < -0.4 is 5.32 Å². The number of hydrogen-bond acceptors (Lipinski definition) is 4. The van der Waals surface area contributed by atoms with Crippen LogP contribution in [0.4, 0.5) is 0 Å². The fourth-order valence-corrected chi connectivity index (χ4v) is 2.53. The molecule has 100 valence electrons. The van der Waals surface area contributed by atoms with Gasteiger partial charge in [-0.2, -0.15) is 0 Å². The molecule has 0 unspecified atom stereocenters. The molecule has 17 heavy (non-hydrogen) atoms. The molecule has 2 aliphatic heterocycles. The maximum atomic E-state index is 5.45. The van der Waals surface area contributed by atoms with E-state index < -0.39 is 0 Å². The van der Waals surface area contributed by atoms with Gasteiger partial charge in [-0.25, -0.2) is 0 Å². The van der Waals surface area contributed by atoms with Gasteiger partial charge in [-0.3, -0.25) is 4.90 Å². The van der Waals surface area contributed by atoms with Crippen LogP contribution in [0.5, 0.6) is 0 Å². The van der Waals surface area contributed by atoms with Crippen LogP contribution in [-0.2, 0) is 4.74 Å². The third-order valence-electron chi connectivity index (χ3n) is 4.19. The summed E-state index contributed by atoms with van der Waals surface area (Å²) in [6.07, 6.45) is 1.12. The van der Waals surface area contributed by atoms with E-state index in [1.807, 2.05) is 0 Å². The predicted octanol–water partition coefficient (Wildman–Crippen LogP) is 0.391. The highest BCUT2D eigenvalue weighted by molar-refractivity contribution is 4.90. The third kappa shape index (κ3) is 3.65. The van der Waals surface area contributed by atoms with Crippen molar-refractivity contribution in [3.05, 3.63) is 0 Å². The first-order valence-corrected chi connectivity index (χ1v) is 6.83. The van der Waals surface area contributed by atoms with Crippen LogP contribution in [0.2, 0.25) is 0 Å². The first-order chi connectivity index (χ1) is 8.11. The summed E-state index contributed by atoms with van der Waals surface area (Å²) in [6, 6.07) is 0.808. The zero-order valence-electron chi connectivity index (χ0n) is 11.5. The summed E-state index contributed by atoms with van der Waals surface area (Å²) in [5.41, 5.74) is 0.0279. The highest BCUT2D eigenvalue weighted by atomic mass is 16.5. The quantitative estimate of drug-likeness (QED) is 0.754. The smallest absolute Gasteiger partial charge is 0.0634 e. The number of likely N-dealkylation sites (tertiary alicyclic amines) is 1. The molecule has 4 heteroatoms. The van der Waals surface area contributed by atoms with Crippen molar-refractivity contribution in [3.63, 3.8) is 0 Å². The summed E-state index contributed by atoms with van der Waals surface area (Å²) in [4.78, 5) is 5.18. The van der Waals surface area contributed by atoms with Gasteiger partial charge < -0.3 is 15.0 Å². The molecule has 2 fully saturated rings. The normalized spacial score (nSPS) is 24.9. The topological polar surface area (TPSA) is 27.7 Å². The lowest BCUT2D eigenvalue weighted by molar-refractivity contribution is -0.0175. The predicted molar refractivity (Wildman–Crippen MR) is 70.4 cm³/mol. The highest BCUT2D eigenvalue weighted by Crippen LogP contribution is 2.19. The highest BCUT2D eigenvalue weighted by Gasteiger charge is 2.32. The summed E-state index contributed by atoms with van der Waals surface area (Å²) in [6.45, 7) is 12.8. The lowest BCUT2D eigenvalue weighted by Gasteiger charge is -2.47. The molecule has 1 N–H and O–H groups in total. The van der Waals surface area contributed by atoms with Gasteiger partial charge in [0.2, 0.25) is 0 Å². The molecule has 2 saturated heterocycles. The molecule has 2 heterocycles. The molecule has 0 aliphatic carbocycles.